The van der Waals surface area contributed by atoms with Crippen LogP contribution in [0.3, 0.4) is 0 Å². The summed E-state index contributed by atoms with van der Waals surface area (Å²) in [4.78, 5) is 26.1. The number of ether oxygens (including phenoxy) is 1. The molecule has 0 fully saturated rings. The fourth-order valence-electron chi connectivity index (χ4n) is 2.75. The van der Waals surface area contributed by atoms with E-state index in [1.807, 2.05) is 13.0 Å². The minimum atomic E-state index is -4.60. The van der Waals surface area contributed by atoms with E-state index < -0.39 is 29.7 Å². The van der Waals surface area contributed by atoms with Crippen molar-refractivity contribution in [1.82, 2.24) is 4.90 Å². The van der Waals surface area contributed by atoms with Crippen molar-refractivity contribution in [1.29, 1.82) is 0 Å². The average Bonchev–Trinajstić information content (AvgIpc) is 2.65. The predicted molar refractivity (Wildman–Crippen MR) is 104 cm³/mol. The minimum absolute atomic E-state index is 0.203. The van der Waals surface area contributed by atoms with Crippen LogP contribution < -0.4 is 10.1 Å². The maximum atomic E-state index is 13.1. The summed E-state index contributed by atoms with van der Waals surface area (Å²) in [6.45, 7) is 4.94. The number of likely N-dealkylation sites (N-methyl/N-ethyl adjacent to an activating group) is 1. The topological polar surface area (TPSA) is 58.6 Å². The molecule has 1 atom stereocenters. The number of anilines is 1. The third-order valence-electron chi connectivity index (χ3n) is 4.18. The molecular formula is C21H23F3N2O3. The number of carbonyl (C=O) groups is 2. The van der Waals surface area contributed by atoms with Gasteiger partial charge in [-0.15, -0.1) is 0 Å². The van der Waals surface area contributed by atoms with Gasteiger partial charge in [-0.2, -0.15) is 13.2 Å². The number of nitrogens with one attached hydrogen (secondary N) is 1. The molecule has 0 unspecified atom stereocenters. The van der Waals surface area contributed by atoms with Crippen molar-refractivity contribution in [3.05, 3.63) is 59.7 Å². The second-order valence-corrected chi connectivity index (χ2v) is 6.52. The highest BCUT2D eigenvalue weighted by atomic mass is 19.4. The van der Waals surface area contributed by atoms with Crippen LogP contribution in [-0.4, -0.2) is 35.9 Å². The number of halogens is 3. The second-order valence-electron chi connectivity index (χ2n) is 6.52. The molecule has 0 spiro atoms. The molecule has 0 radical (unpaired) electrons. The number of hydrogen-bond donors (Lipinski definition) is 1. The molecule has 0 heterocycles. The molecule has 2 aromatic rings. The van der Waals surface area contributed by atoms with Crippen molar-refractivity contribution in [3.8, 4) is 5.75 Å². The Morgan fingerprint density at radius 3 is 2.45 bits per heavy atom. The largest absolute Gasteiger partial charge is 0.481 e. The lowest BCUT2D eigenvalue weighted by atomic mass is 10.1. The number of alkyl halides is 3. The van der Waals surface area contributed by atoms with Crippen LogP contribution in [0.5, 0.6) is 5.75 Å². The summed E-state index contributed by atoms with van der Waals surface area (Å²) in [7, 11) is 0. The van der Waals surface area contributed by atoms with Gasteiger partial charge in [0.15, 0.2) is 6.10 Å². The third kappa shape index (κ3) is 6.23. The van der Waals surface area contributed by atoms with E-state index in [4.69, 9.17) is 4.74 Å². The molecule has 1 N–H and O–H groups in total. The maximum Gasteiger partial charge on any atom is 0.418 e. The van der Waals surface area contributed by atoms with Crippen LogP contribution in [0, 0.1) is 6.92 Å². The smallest absolute Gasteiger partial charge is 0.418 e. The molecule has 0 saturated heterocycles. The molecule has 0 aliphatic rings. The monoisotopic (exact) mass is 408 g/mol. The summed E-state index contributed by atoms with van der Waals surface area (Å²) in [6, 6.07) is 11.9. The van der Waals surface area contributed by atoms with Gasteiger partial charge < -0.3 is 15.0 Å². The van der Waals surface area contributed by atoms with Gasteiger partial charge in [-0.3, -0.25) is 9.59 Å². The fourth-order valence-corrected chi connectivity index (χ4v) is 2.75. The van der Waals surface area contributed by atoms with Gasteiger partial charge >= 0.3 is 6.18 Å². The molecule has 156 valence electrons. The van der Waals surface area contributed by atoms with Crippen LogP contribution in [-0.2, 0) is 15.8 Å². The fraction of sp³-hybridized carbons (Fsp3) is 0.333. The lowest BCUT2D eigenvalue weighted by molar-refractivity contribution is -0.140. The van der Waals surface area contributed by atoms with Crippen molar-refractivity contribution >= 4 is 17.5 Å². The highest BCUT2D eigenvalue weighted by molar-refractivity contribution is 5.95. The Kier molecular flexibility index (Phi) is 7.25. The SMILES string of the molecule is CCN(CC(=O)Nc1ccccc1C(F)(F)F)C(=O)[C@@H](C)Oc1cccc(C)c1. The molecule has 0 bridgehead atoms. The van der Waals surface area contributed by atoms with Crippen LogP contribution in [0.15, 0.2) is 48.5 Å². The third-order valence-corrected chi connectivity index (χ3v) is 4.18. The van der Waals surface area contributed by atoms with Crippen LogP contribution >= 0.6 is 0 Å². The van der Waals surface area contributed by atoms with Gasteiger partial charge in [0, 0.05) is 6.54 Å². The zero-order valence-corrected chi connectivity index (χ0v) is 16.4. The number of aryl methyl sites for hydroxylation is 1. The van der Waals surface area contributed by atoms with Crippen molar-refractivity contribution in [3.63, 3.8) is 0 Å². The Labute approximate surface area is 167 Å². The first-order chi connectivity index (χ1) is 13.6. The Morgan fingerprint density at radius 2 is 1.83 bits per heavy atom. The van der Waals surface area contributed by atoms with E-state index >= 15 is 0 Å². The molecule has 0 aromatic heterocycles. The van der Waals surface area contributed by atoms with Crippen molar-refractivity contribution in [2.45, 2.75) is 33.1 Å². The van der Waals surface area contributed by atoms with Gasteiger partial charge in [0.1, 0.15) is 5.75 Å². The summed E-state index contributed by atoms with van der Waals surface area (Å²) in [5, 5.41) is 2.24. The molecule has 2 rings (SSSR count). The van der Waals surface area contributed by atoms with Gasteiger partial charge in [-0.1, -0.05) is 24.3 Å². The van der Waals surface area contributed by atoms with E-state index in [2.05, 4.69) is 5.32 Å². The number of benzene rings is 2. The highest BCUT2D eigenvalue weighted by Gasteiger charge is 2.33. The van der Waals surface area contributed by atoms with Crippen molar-refractivity contribution in [2.24, 2.45) is 0 Å². The van der Waals surface area contributed by atoms with E-state index in [1.165, 1.54) is 23.1 Å². The number of rotatable bonds is 7. The molecule has 5 nitrogen and oxygen atoms in total. The van der Waals surface area contributed by atoms with E-state index in [0.717, 1.165) is 11.6 Å². The lowest BCUT2D eigenvalue weighted by Gasteiger charge is -2.24. The van der Waals surface area contributed by atoms with Gasteiger partial charge in [0.05, 0.1) is 17.8 Å². The van der Waals surface area contributed by atoms with Crippen molar-refractivity contribution in [2.75, 3.05) is 18.4 Å². The van der Waals surface area contributed by atoms with Crippen molar-refractivity contribution < 1.29 is 27.5 Å². The van der Waals surface area contributed by atoms with E-state index in [-0.39, 0.29) is 18.8 Å². The average molecular weight is 408 g/mol. The molecule has 29 heavy (non-hydrogen) atoms. The molecule has 0 aliphatic carbocycles. The van der Waals surface area contributed by atoms with Crippen LogP contribution in [0.4, 0.5) is 18.9 Å². The lowest BCUT2D eigenvalue weighted by Crippen LogP contribution is -2.44. The van der Waals surface area contributed by atoms with E-state index in [1.54, 1.807) is 32.0 Å². The highest BCUT2D eigenvalue weighted by Crippen LogP contribution is 2.34. The van der Waals surface area contributed by atoms with Crippen LogP contribution in [0.1, 0.15) is 25.0 Å². The summed E-state index contributed by atoms with van der Waals surface area (Å²) in [5.74, 6) is -0.640. The summed E-state index contributed by atoms with van der Waals surface area (Å²) < 4.78 is 44.8. The zero-order valence-electron chi connectivity index (χ0n) is 16.4. The molecule has 0 saturated carbocycles. The number of amides is 2. The zero-order chi connectivity index (χ0) is 21.6. The summed E-state index contributed by atoms with van der Waals surface area (Å²) in [6.07, 6.45) is -5.45. The molecule has 0 aliphatic heterocycles. The maximum absolute atomic E-state index is 13.1. The standard InChI is InChI=1S/C21H23F3N2O3/c1-4-26(20(28)15(3)29-16-9-7-8-14(2)12-16)13-19(27)25-18-11-6-5-10-17(18)21(22,23)24/h5-12,15H,4,13H2,1-3H3,(H,25,27)/t15-/m1/s1. The summed E-state index contributed by atoms with van der Waals surface area (Å²) in [5.41, 5.74) is -0.325. The van der Waals surface area contributed by atoms with Crippen LogP contribution in [0.2, 0.25) is 0 Å². The Hall–Kier alpha value is -3.03. The van der Waals surface area contributed by atoms with E-state index in [9.17, 15) is 22.8 Å². The van der Waals surface area contributed by atoms with Gasteiger partial charge in [0.2, 0.25) is 5.91 Å². The first kappa shape index (κ1) is 22.3. The predicted octanol–water partition coefficient (Wildman–Crippen LogP) is 4.27. The van der Waals surface area contributed by atoms with Gasteiger partial charge in [-0.05, 0) is 50.6 Å². The van der Waals surface area contributed by atoms with Crippen LogP contribution in [0.25, 0.3) is 0 Å². The minimum Gasteiger partial charge on any atom is -0.481 e. The molecule has 2 aromatic carbocycles. The number of para-hydroxylation sites is 1. The first-order valence-corrected chi connectivity index (χ1v) is 9.10. The van der Waals surface area contributed by atoms with Gasteiger partial charge in [0.25, 0.3) is 5.91 Å². The summed E-state index contributed by atoms with van der Waals surface area (Å²) >= 11 is 0. The second kappa shape index (κ2) is 9.45. The molecule has 8 heteroatoms. The quantitative estimate of drug-likeness (QED) is 0.745. The number of nitrogens with zero attached hydrogens (tertiary/aromatic N) is 1. The Balaban J connectivity index is 2.03. The number of hydrogen-bond acceptors (Lipinski definition) is 3. The number of carbonyl (C=O) groups excluding carboxylic acids is 2. The normalized spacial score (nSPS) is 12.2. The molecule has 2 amide bonds. The molecular weight excluding hydrogens is 385 g/mol. The first-order valence-electron chi connectivity index (χ1n) is 9.10. The Morgan fingerprint density at radius 1 is 1.14 bits per heavy atom. The van der Waals surface area contributed by atoms with E-state index in [0.29, 0.717) is 5.75 Å². The Bertz CT molecular complexity index is 868. The van der Waals surface area contributed by atoms with Gasteiger partial charge in [-0.25, -0.2) is 0 Å².